The van der Waals surface area contributed by atoms with Crippen molar-refractivity contribution in [2.75, 3.05) is 11.5 Å². The molecule has 6 nitrogen and oxygen atoms in total. The van der Waals surface area contributed by atoms with Crippen molar-refractivity contribution < 1.29 is 4.74 Å². The maximum absolute atomic E-state index is 6.05. The van der Waals surface area contributed by atoms with Crippen LogP contribution >= 0.6 is 11.3 Å². The van der Waals surface area contributed by atoms with Gasteiger partial charge >= 0.3 is 0 Å². The third-order valence-electron chi connectivity index (χ3n) is 5.23. The van der Waals surface area contributed by atoms with Gasteiger partial charge in [-0.25, -0.2) is 15.0 Å². The highest BCUT2D eigenvalue weighted by Gasteiger charge is 2.13. The van der Waals surface area contributed by atoms with E-state index >= 15 is 0 Å². The lowest BCUT2D eigenvalue weighted by Gasteiger charge is -2.14. The Morgan fingerprint density at radius 3 is 2.38 bits per heavy atom. The van der Waals surface area contributed by atoms with E-state index in [0.29, 0.717) is 17.7 Å². The molecule has 7 heteroatoms. The molecule has 32 heavy (non-hydrogen) atoms. The van der Waals surface area contributed by atoms with Gasteiger partial charge in [0.25, 0.3) is 0 Å². The van der Waals surface area contributed by atoms with Crippen molar-refractivity contribution in [1.29, 1.82) is 0 Å². The fourth-order valence-corrected chi connectivity index (χ4v) is 4.53. The molecule has 0 fully saturated rings. The Morgan fingerprint density at radius 1 is 0.938 bits per heavy atom. The zero-order chi connectivity index (χ0) is 22.5. The predicted octanol–water partition coefficient (Wildman–Crippen LogP) is 5.14. The van der Waals surface area contributed by atoms with Crippen LogP contribution in [0.15, 0.2) is 54.7 Å². The van der Waals surface area contributed by atoms with Crippen LogP contribution in [0.4, 0.5) is 11.1 Å². The molecule has 164 valence electrons. The summed E-state index contributed by atoms with van der Waals surface area (Å²) in [6.07, 6.45) is 4.52. The Hall–Kier alpha value is -3.45. The van der Waals surface area contributed by atoms with Crippen molar-refractivity contribution >= 4 is 22.4 Å². The molecule has 2 aromatic heterocycles. The molecule has 0 radical (unpaired) electrons. The molecule has 4 rings (SSSR count). The van der Waals surface area contributed by atoms with Gasteiger partial charge in [0.1, 0.15) is 12.4 Å². The smallest absolute Gasteiger partial charge is 0.220 e. The summed E-state index contributed by atoms with van der Waals surface area (Å²) >= 11 is 1.53. The summed E-state index contributed by atoms with van der Waals surface area (Å²) < 4.78 is 6.02. The maximum atomic E-state index is 6.05. The monoisotopic (exact) mass is 445 g/mol. The maximum Gasteiger partial charge on any atom is 0.220 e. The third kappa shape index (κ3) is 5.42. The van der Waals surface area contributed by atoms with E-state index in [1.54, 1.807) is 0 Å². The van der Waals surface area contributed by atoms with Crippen LogP contribution in [0.5, 0.6) is 5.75 Å². The number of nitrogens with two attached hydrogens (primary N) is 2. The number of aromatic nitrogens is 3. The zero-order valence-corrected chi connectivity index (χ0v) is 19.2. The first-order valence-electron chi connectivity index (χ1n) is 10.6. The van der Waals surface area contributed by atoms with E-state index in [1.807, 2.05) is 30.5 Å². The highest BCUT2D eigenvalue weighted by Crippen LogP contribution is 2.31. The molecule has 0 bridgehead atoms. The van der Waals surface area contributed by atoms with E-state index < -0.39 is 0 Å². The lowest BCUT2D eigenvalue weighted by atomic mass is 9.98. The standard InChI is InChI=1S/C25H27N5OS/c1-16-11-20(31-15-18-7-4-3-5-8-18)12-17(2)23(16)22-13-19(29-24(26)30-22)9-6-10-21-14-28-25(27)32-21/h3-5,7-8,11-14H,6,9-10,15H2,1-2H3,(H2,27,28)(H2,26,29,30). The Labute approximate surface area is 192 Å². The average Bonchev–Trinajstić information content (AvgIpc) is 3.17. The summed E-state index contributed by atoms with van der Waals surface area (Å²) in [4.78, 5) is 14.3. The van der Waals surface area contributed by atoms with Crippen LogP contribution in [0.2, 0.25) is 0 Å². The van der Waals surface area contributed by atoms with E-state index in [9.17, 15) is 0 Å². The highest BCUT2D eigenvalue weighted by atomic mass is 32.1. The largest absolute Gasteiger partial charge is 0.489 e. The fraction of sp³-hybridized carbons (Fsp3) is 0.240. The van der Waals surface area contributed by atoms with Gasteiger partial charge in [-0.05, 0) is 68.0 Å². The lowest BCUT2D eigenvalue weighted by Crippen LogP contribution is -2.03. The SMILES string of the molecule is Cc1cc(OCc2ccccc2)cc(C)c1-c1cc(CCCc2cnc(N)s2)nc(N)n1. The number of ether oxygens (including phenoxy) is 1. The van der Waals surface area contributed by atoms with Gasteiger partial charge in [0, 0.05) is 22.3 Å². The predicted molar refractivity (Wildman–Crippen MR) is 131 cm³/mol. The summed E-state index contributed by atoms with van der Waals surface area (Å²) in [7, 11) is 0. The topological polar surface area (TPSA) is 99.9 Å². The summed E-state index contributed by atoms with van der Waals surface area (Å²) in [6.45, 7) is 4.68. The third-order valence-corrected chi connectivity index (χ3v) is 6.12. The van der Waals surface area contributed by atoms with Gasteiger partial charge in [0.05, 0.1) is 5.69 Å². The molecule has 0 saturated carbocycles. The van der Waals surface area contributed by atoms with Crippen molar-refractivity contribution in [1.82, 2.24) is 15.0 Å². The van der Waals surface area contributed by atoms with Crippen molar-refractivity contribution in [2.24, 2.45) is 0 Å². The van der Waals surface area contributed by atoms with Gasteiger partial charge < -0.3 is 16.2 Å². The minimum atomic E-state index is 0.294. The Bertz CT molecular complexity index is 1180. The van der Waals surface area contributed by atoms with Crippen LogP contribution in [0.3, 0.4) is 0 Å². The van der Waals surface area contributed by atoms with Gasteiger partial charge in [-0.1, -0.05) is 30.3 Å². The van der Waals surface area contributed by atoms with Crippen molar-refractivity contribution in [2.45, 2.75) is 39.7 Å². The van der Waals surface area contributed by atoms with Crippen LogP contribution in [0.25, 0.3) is 11.3 Å². The molecule has 0 aliphatic heterocycles. The number of aryl methyl sites for hydroxylation is 4. The Morgan fingerprint density at radius 2 is 1.69 bits per heavy atom. The molecule has 0 unspecified atom stereocenters. The normalized spacial score (nSPS) is 10.9. The number of nitrogen functional groups attached to an aromatic ring is 2. The quantitative estimate of drug-likeness (QED) is 0.390. The Kier molecular flexibility index (Phi) is 6.66. The first kappa shape index (κ1) is 21.8. The molecular weight excluding hydrogens is 418 g/mol. The first-order valence-corrected chi connectivity index (χ1v) is 11.4. The second-order valence-corrected chi connectivity index (χ2v) is 8.97. The number of rotatable bonds is 8. The van der Waals surface area contributed by atoms with Crippen LogP contribution in [-0.2, 0) is 19.4 Å². The molecule has 0 aliphatic carbocycles. The van der Waals surface area contributed by atoms with Gasteiger partial charge in [0.15, 0.2) is 5.13 Å². The van der Waals surface area contributed by atoms with Crippen LogP contribution in [0, 0.1) is 13.8 Å². The van der Waals surface area contributed by atoms with Crippen LogP contribution in [0.1, 0.15) is 33.7 Å². The molecule has 2 heterocycles. The lowest BCUT2D eigenvalue weighted by molar-refractivity contribution is 0.306. The molecule has 4 N–H and O–H groups in total. The van der Waals surface area contributed by atoms with Gasteiger partial charge in [-0.3, -0.25) is 0 Å². The van der Waals surface area contributed by atoms with Crippen LogP contribution < -0.4 is 16.2 Å². The number of hydrogen-bond donors (Lipinski definition) is 2. The number of hydrogen-bond acceptors (Lipinski definition) is 7. The van der Waals surface area contributed by atoms with Gasteiger partial charge in [0.2, 0.25) is 5.95 Å². The molecule has 4 aromatic rings. The molecule has 0 amide bonds. The molecule has 0 spiro atoms. The molecule has 0 atom stereocenters. The van der Waals surface area contributed by atoms with Gasteiger partial charge in [-0.15, -0.1) is 11.3 Å². The minimum absolute atomic E-state index is 0.294. The average molecular weight is 446 g/mol. The van der Waals surface area contributed by atoms with Crippen molar-refractivity contribution in [3.8, 4) is 17.0 Å². The first-order chi connectivity index (χ1) is 15.5. The number of thiazole rings is 1. The summed E-state index contributed by atoms with van der Waals surface area (Å²) in [5, 5.41) is 0.607. The molecule has 0 aliphatic rings. The Balaban J connectivity index is 1.49. The highest BCUT2D eigenvalue weighted by molar-refractivity contribution is 7.15. The molecule has 0 saturated heterocycles. The summed E-state index contributed by atoms with van der Waals surface area (Å²) in [6, 6.07) is 16.3. The molecular formula is C25H27N5OS. The molecule has 2 aromatic carbocycles. The van der Waals surface area contributed by atoms with E-state index in [2.05, 4.69) is 53.1 Å². The second kappa shape index (κ2) is 9.78. The van der Waals surface area contributed by atoms with E-state index in [-0.39, 0.29) is 0 Å². The summed E-state index contributed by atoms with van der Waals surface area (Å²) in [5.41, 5.74) is 18.0. The second-order valence-electron chi connectivity index (χ2n) is 7.83. The fourth-order valence-electron chi connectivity index (χ4n) is 3.81. The van der Waals surface area contributed by atoms with Gasteiger partial charge in [-0.2, -0.15) is 0 Å². The number of benzene rings is 2. The van der Waals surface area contributed by atoms with E-state index in [1.165, 1.54) is 16.2 Å². The van der Waals surface area contributed by atoms with Crippen LogP contribution in [-0.4, -0.2) is 15.0 Å². The number of anilines is 2. The minimum Gasteiger partial charge on any atom is -0.489 e. The van der Waals surface area contributed by atoms with E-state index in [0.717, 1.165) is 58.7 Å². The number of nitrogens with zero attached hydrogens (tertiary/aromatic N) is 3. The summed E-state index contributed by atoms with van der Waals surface area (Å²) in [5.74, 6) is 1.14. The zero-order valence-electron chi connectivity index (χ0n) is 18.3. The van der Waals surface area contributed by atoms with Crippen molar-refractivity contribution in [3.63, 3.8) is 0 Å². The van der Waals surface area contributed by atoms with Crippen molar-refractivity contribution in [3.05, 3.63) is 82.0 Å². The van der Waals surface area contributed by atoms with E-state index in [4.69, 9.17) is 16.2 Å².